The van der Waals surface area contributed by atoms with Crippen LogP contribution in [-0.2, 0) is 13.1 Å². The second-order valence-corrected chi connectivity index (χ2v) is 4.25. The fraction of sp³-hybridized carbons (Fsp3) is 0.143. The van der Waals surface area contributed by atoms with Gasteiger partial charge in [0.05, 0.1) is 24.0 Å². The molecule has 2 N–H and O–H groups in total. The molecule has 0 atom stereocenters. The van der Waals surface area contributed by atoms with Crippen LogP contribution in [-0.4, -0.2) is 14.8 Å². The molecule has 0 aliphatic heterocycles. The van der Waals surface area contributed by atoms with Crippen molar-refractivity contribution >= 4 is 10.9 Å². The molecule has 1 aromatic carbocycles. The average molecular weight is 238 g/mol. The van der Waals surface area contributed by atoms with E-state index >= 15 is 0 Å². The van der Waals surface area contributed by atoms with Crippen LogP contribution < -0.4 is 5.73 Å². The average Bonchev–Trinajstić information content (AvgIpc) is 2.86. The van der Waals surface area contributed by atoms with Crippen LogP contribution in [0.25, 0.3) is 10.9 Å². The molecular weight excluding hydrogens is 224 g/mol. The first kappa shape index (κ1) is 10.9. The van der Waals surface area contributed by atoms with Gasteiger partial charge in [0.1, 0.15) is 0 Å². The molecule has 3 aromatic rings. The van der Waals surface area contributed by atoms with Gasteiger partial charge in [-0.1, -0.05) is 24.3 Å². The minimum absolute atomic E-state index is 0.519. The van der Waals surface area contributed by atoms with E-state index in [-0.39, 0.29) is 0 Å². The van der Waals surface area contributed by atoms with Gasteiger partial charge in [0.2, 0.25) is 0 Å². The summed E-state index contributed by atoms with van der Waals surface area (Å²) in [6.45, 7) is 1.19. The standard InChI is InChI=1S/C14H14N4/c15-7-11-8-16-18(9-11)10-13-6-5-12-3-1-2-4-14(12)17-13/h1-6,8-9H,7,10,15H2. The largest absolute Gasteiger partial charge is 0.326 e. The van der Waals surface area contributed by atoms with Gasteiger partial charge < -0.3 is 5.73 Å². The van der Waals surface area contributed by atoms with E-state index in [4.69, 9.17) is 5.73 Å². The van der Waals surface area contributed by atoms with Crippen molar-refractivity contribution in [2.45, 2.75) is 13.1 Å². The lowest BCUT2D eigenvalue weighted by Crippen LogP contribution is -2.02. The summed E-state index contributed by atoms with van der Waals surface area (Å²) >= 11 is 0. The van der Waals surface area contributed by atoms with Crippen molar-refractivity contribution in [1.82, 2.24) is 14.8 Å². The quantitative estimate of drug-likeness (QED) is 0.758. The molecule has 0 saturated carbocycles. The third-order valence-corrected chi connectivity index (χ3v) is 2.90. The Hall–Kier alpha value is -2.20. The molecule has 2 heterocycles. The zero-order chi connectivity index (χ0) is 12.4. The molecule has 0 amide bonds. The number of rotatable bonds is 3. The van der Waals surface area contributed by atoms with Crippen LogP contribution in [0.2, 0.25) is 0 Å². The Kier molecular flexibility index (Phi) is 2.78. The number of nitrogens with zero attached hydrogens (tertiary/aromatic N) is 3. The van der Waals surface area contributed by atoms with Gasteiger partial charge in [-0.15, -0.1) is 0 Å². The molecule has 90 valence electrons. The van der Waals surface area contributed by atoms with E-state index in [0.29, 0.717) is 13.1 Å². The van der Waals surface area contributed by atoms with Gasteiger partial charge in [0, 0.05) is 23.7 Å². The number of nitrogens with two attached hydrogens (primary N) is 1. The molecule has 4 nitrogen and oxygen atoms in total. The predicted molar refractivity (Wildman–Crippen MR) is 71.0 cm³/mol. The molecule has 0 saturated heterocycles. The van der Waals surface area contributed by atoms with Gasteiger partial charge in [-0.05, 0) is 12.1 Å². The Balaban J connectivity index is 1.90. The van der Waals surface area contributed by atoms with E-state index in [2.05, 4.69) is 22.2 Å². The molecule has 0 aliphatic rings. The summed E-state index contributed by atoms with van der Waals surface area (Å²) in [4.78, 5) is 4.61. The minimum Gasteiger partial charge on any atom is -0.326 e. The fourth-order valence-corrected chi connectivity index (χ4v) is 1.96. The summed E-state index contributed by atoms with van der Waals surface area (Å²) in [6, 6.07) is 12.2. The van der Waals surface area contributed by atoms with Crippen LogP contribution in [0.1, 0.15) is 11.3 Å². The Morgan fingerprint density at radius 3 is 2.83 bits per heavy atom. The molecule has 2 aromatic heterocycles. The highest BCUT2D eigenvalue weighted by Gasteiger charge is 2.01. The lowest BCUT2D eigenvalue weighted by molar-refractivity contribution is 0.674. The fourth-order valence-electron chi connectivity index (χ4n) is 1.96. The monoisotopic (exact) mass is 238 g/mol. The van der Waals surface area contributed by atoms with Crippen molar-refractivity contribution in [3.63, 3.8) is 0 Å². The molecule has 4 heteroatoms. The van der Waals surface area contributed by atoms with Crippen LogP contribution in [0.4, 0.5) is 0 Å². The molecule has 18 heavy (non-hydrogen) atoms. The van der Waals surface area contributed by atoms with Crippen molar-refractivity contribution in [3.8, 4) is 0 Å². The maximum Gasteiger partial charge on any atom is 0.0831 e. The summed E-state index contributed by atoms with van der Waals surface area (Å²) in [5.41, 5.74) is 8.62. The molecule has 0 fully saturated rings. The summed E-state index contributed by atoms with van der Waals surface area (Å²) in [5, 5.41) is 5.42. The number of hydrogen-bond acceptors (Lipinski definition) is 3. The highest BCUT2D eigenvalue weighted by molar-refractivity contribution is 5.78. The normalized spacial score (nSPS) is 10.9. The molecule has 0 aliphatic carbocycles. The Morgan fingerprint density at radius 1 is 1.11 bits per heavy atom. The predicted octanol–water partition coefficient (Wildman–Crippen LogP) is 1.94. The number of pyridine rings is 1. The molecule has 0 unspecified atom stereocenters. The molecule has 0 bridgehead atoms. The molecule has 0 spiro atoms. The third-order valence-electron chi connectivity index (χ3n) is 2.90. The Labute approximate surface area is 105 Å². The maximum absolute atomic E-state index is 5.56. The van der Waals surface area contributed by atoms with Crippen LogP contribution in [0.15, 0.2) is 48.8 Å². The van der Waals surface area contributed by atoms with Crippen molar-refractivity contribution < 1.29 is 0 Å². The summed E-state index contributed by atoms with van der Waals surface area (Å²) in [5.74, 6) is 0. The van der Waals surface area contributed by atoms with Crippen LogP contribution >= 0.6 is 0 Å². The summed E-state index contributed by atoms with van der Waals surface area (Å²) in [6.07, 6.45) is 3.75. The van der Waals surface area contributed by atoms with E-state index < -0.39 is 0 Å². The van der Waals surface area contributed by atoms with Crippen molar-refractivity contribution in [2.75, 3.05) is 0 Å². The summed E-state index contributed by atoms with van der Waals surface area (Å²) < 4.78 is 1.86. The van der Waals surface area contributed by atoms with E-state index in [1.54, 1.807) is 6.20 Å². The second kappa shape index (κ2) is 4.58. The highest BCUT2D eigenvalue weighted by Crippen LogP contribution is 2.12. The highest BCUT2D eigenvalue weighted by atomic mass is 15.3. The Morgan fingerprint density at radius 2 is 2.00 bits per heavy atom. The first-order valence-electron chi connectivity index (χ1n) is 5.91. The molecule has 0 radical (unpaired) electrons. The minimum atomic E-state index is 0.519. The lowest BCUT2D eigenvalue weighted by Gasteiger charge is -2.03. The van der Waals surface area contributed by atoms with Crippen LogP contribution in [0, 0.1) is 0 Å². The lowest BCUT2D eigenvalue weighted by atomic mass is 10.2. The number of para-hydroxylation sites is 1. The third kappa shape index (κ3) is 2.10. The van der Waals surface area contributed by atoms with Crippen molar-refractivity contribution in [1.29, 1.82) is 0 Å². The molecule has 3 rings (SSSR count). The first-order chi connectivity index (χ1) is 8.85. The van der Waals surface area contributed by atoms with Crippen LogP contribution in [0.5, 0.6) is 0 Å². The van der Waals surface area contributed by atoms with Gasteiger partial charge in [-0.2, -0.15) is 5.10 Å². The molecular formula is C14H14N4. The number of benzene rings is 1. The first-order valence-corrected chi connectivity index (χ1v) is 5.91. The van der Waals surface area contributed by atoms with Gasteiger partial charge in [-0.25, -0.2) is 0 Å². The number of aromatic nitrogens is 3. The van der Waals surface area contributed by atoms with Gasteiger partial charge in [0.25, 0.3) is 0 Å². The van der Waals surface area contributed by atoms with Crippen molar-refractivity contribution in [3.05, 3.63) is 60.0 Å². The van der Waals surface area contributed by atoms with Gasteiger partial charge in [-0.3, -0.25) is 9.67 Å². The van der Waals surface area contributed by atoms with E-state index in [1.807, 2.05) is 35.1 Å². The maximum atomic E-state index is 5.56. The summed E-state index contributed by atoms with van der Waals surface area (Å²) in [7, 11) is 0. The van der Waals surface area contributed by atoms with E-state index in [1.165, 1.54) is 0 Å². The second-order valence-electron chi connectivity index (χ2n) is 4.25. The Bertz CT molecular complexity index is 672. The van der Waals surface area contributed by atoms with E-state index in [0.717, 1.165) is 22.2 Å². The topological polar surface area (TPSA) is 56.7 Å². The van der Waals surface area contributed by atoms with Gasteiger partial charge >= 0.3 is 0 Å². The number of hydrogen-bond donors (Lipinski definition) is 1. The van der Waals surface area contributed by atoms with E-state index in [9.17, 15) is 0 Å². The zero-order valence-electron chi connectivity index (χ0n) is 9.95. The number of fused-ring (bicyclic) bond motifs is 1. The van der Waals surface area contributed by atoms with Gasteiger partial charge in [0.15, 0.2) is 0 Å². The van der Waals surface area contributed by atoms with Crippen LogP contribution in [0.3, 0.4) is 0 Å². The smallest absolute Gasteiger partial charge is 0.0831 e. The van der Waals surface area contributed by atoms with Crippen molar-refractivity contribution in [2.24, 2.45) is 5.73 Å². The zero-order valence-corrected chi connectivity index (χ0v) is 9.95. The SMILES string of the molecule is NCc1cnn(Cc2ccc3ccccc3n2)c1.